The second kappa shape index (κ2) is 6.95. The van der Waals surface area contributed by atoms with E-state index in [-0.39, 0.29) is 6.04 Å². The molecule has 1 aromatic rings. The predicted octanol–water partition coefficient (Wildman–Crippen LogP) is 2.44. The summed E-state index contributed by atoms with van der Waals surface area (Å²) < 4.78 is 11.0. The summed E-state index contributed by atoms with van der Waals surface area (Å²) in [6.45, 7) is 5.10. The van der Waals surface area contributed by atoms with Gasteiger partial charge in [0.05, 0.1) is 20.3 Å². The second-order valence-electron chi connectivity index (χ2n) is 5.58. The van der Waals surface area contributed by atoms with E-state index >= 15 is 0 Å². The minimum Gasteiger partial charge on any atom is -0.493 e. The van der Waals surface area contributed by atoms with E-state index in [2.05, 4.69) is 17.9 Å². The molecule has 0 aromatic heterocycles. The summed E-state index contributed by atoms with van der Waals surface area (Å²) in [5, 5.41) is 0. The zero-order chi connectivity index (χ0) is 14.5. The third-order valence-corrected chi connectivity index (χ3v) is 4.14. The Morgan fingerprint density at radius 3 is 2.75 bits per heavy atom. The van der Waals surface area contributed by atoms with Gasteiger partial charge in [-0.2, -0.15) is 0 Å². The van der Waals surface area contributed by atoms with Crippen LogP contribution in [0.3, 0.4) is 0 Å². The van der Waals surface area contributed by atoms with E-state index in [0.29, 0.717) is 6.54 Å². The summed E-state index contributed by atoms with van der Waals surface area (Å²) in [6, 6.07) is 6.22. The van der Waals surface area contributed by atoms with E-state index in [4.69, 9.17) is 15.2 Å². The third-order valence-electron chi connectivity index (χ3n) is 4.14. The van der Waals surface area contributed by atoms with Crippen LogP contribution in [-0.4, -0.2) is 38.8 Å². The van der Waals surface area contributed by atoms with Crippen molar-refractivity contribution in [3.8, 4) is 11.5 Å². The van der Waals surface area contributed by atoms with Crippen molar-refractivity contribution in [1.82, 2.24) is 4.90 Å². The minimum atomic E-state index is 0.197. The van der Waals surface area contributed by atoms with Crippen LogP contribution >= 0.6 is 0 Å². The average Bonchev–Trinajstić information content (AvgIpc) is 2.47. The van der Waals surface area contributed by atoms with Crippen molar-refractivity contribution >= 4 is 0 Å². The fraction of sp³-hybridized carbons (Fsp3) is 0.625. The van der Waals surface area contributed by atoms with Crippen molar-refractivity contribution in [2.24, 2.45) is 11.7 Å². The molecule has 0 radical (unpaired) electrons. The lowest BCUT2D eigenvalue weighted by molar-refractivity contribution is 0.131. The van der Waals surface area contributed by atoms with Gasteiger partial charge < -0.3 is 15.2 Å². The Morgan fingerprint density at radius 2 is 2.15 bits per heavy atom. The van der Waals surface area contributed by atoms with Gasteiger partial charge in [0.1, 0.15) is 0 Å². The lowest BCUT2D eigenvalue weighted by Gasteiger charge is -2.37. The highest BCUT2D eigenvalue weighted by Gasteiger charge is 2.27. The molecule has 1 saturated heterocycles. The Hall–Kier alpha value is -1.26. The maximum absolute atomic E-state index is 6.06. The van der Waals surface area contributed by atoms with E-state index in [1.807, 2.05) is 12.1 Å². The molecule has 0 spiro atoms. The van der Waals surface area contributed by atoms with Crippen LogP contribution in [0, 0.1) is 5.92 Å². The predicted molar refractivity (Wildman–Crippen MR) is 81.3 cm³/mol. The molecule has 4 nitrogen and oxygen atoms in total. The lowest BCUT2D eigenvalue weighted by atomic mass is 9.95. The third kappa shape index (κ3) is 3.07. The summed E-state index contributed by atoms with van der Waals surface area (Å²) in [7, 11) is 3.36. The monoisotopic (exact) mass is 278 g/mol. The standard InChI is InChI=1S/C16H26N2O2/c1-12-6-5-9-18(11-12)14(10-17)13-7-4-8-15(19-2)16(13)20-3/h4,7-8,12,14H,5-6,9-11,17H2,1-3H3. The van der Waals surface area contributed by atoms with Gasteiger partial charge in [0.25, 0.3) is 0 Å². The van der Waals surface area contributed by atoms with Crippen molar-refractivity contribution in [2.45, 2.75) is 25.8 Å². The minimum absolute atomic E-state index is 0.197. The van der Waals surface area contributed by atoms with E-state index in [0.717, 1.165) is 36.1 Å². The molecule has 2 unspecified atom stereocenters. The summed E-state index contributed by atoms with van der Waals surface area (Å²) in [5.74, 6) is 2.31. The van der Waals surface area contributed by atoms with Crippen molar-refractivity contribution in [2.75, 3.05) is 33.9 Å². The topological polar surface area (TPSA) is 47.7 Å². The fourth-order valence-electron chi connectivity index (χ4n) is 3.16. The molecule has 2 rings (SSSR count). The summed E-state index contributed by atoms with van der Waals surface area (Å²) in [5.41, 5.74) is 7.19. The first-order chi connectivity index (χ1) is 9.71. The molecule has 20 heavy (non-hydrogen) atoms. The number of piperidine rings is 1. The summed E-state index contributed by atoms with van der Waals surface area (Å²) >= 11 is 0. The van der Waals surface area contributed by atoms with Crippen molar-refractivity contribution in [1.29, 1.82) is 0 Å². The van der Waals surface area contributed by atoms with Gasteiger partial charge in [0.2, 0.25) is 0 Å². The van der Waals surface area contributed by atoms with Crippen molar-refractivity contribution in [3.05, 3.63) is 23.8 Å². The number of para-hydroxylation sites is 1. The smallest absolute Gasteiger partial charge is 0.165 e. The average molecular weight is 278 g/mol. The molecule has 0 aliphatic carbocycles. The van der Waals surface area contributed by atoms with E-state index in [1.165, 1.54) is 12.8 Å². The molecular weight excluding hydrogens is 252 g/mol. The van der Waals surface area contributed by atoms with Gasteiger partial charge >= 0.3 is 0 Å². The number of benzene rings is 1. The number of nitrogens with two attached hydrogens (primary N) is 1. The van der Waals surface area contributed by atoms with Crippen LogP contribution in [0.5, 0.6) is 11.5 Å². The lowest BCUT2D eigenvalue weighted by Crippen LogP contribution is -2.40. The normalized spacial score (nSPS) is 21.5. The molecule has 1 aliphatic heterocycles. The highest BCUT2D eigenvalue weighted by Crippen LogP contribution is 2.37. The molecule has 1 heterocycles. The molecule has 0 bridgehead atoms. The largest absolute Gasteiger partial charge is 0.493 e. The van der Waals surface area contributed by atoms with Gasteiger partial charge in [0.15, 0.2) is 11.5 Å². The van der Waals surface area contributed by atoms with Crippen molar-refractivity contribution in [3.63, 3.8) is 0 Å². The number of ether oxygens (including phenoxy) is 2. The second-order valence-corrected chi connectivity index (χ2v) is 5.58. The number of methoxy groups -OCH3 is 2. The maximum Gasteiger partial charge on any atom is 0.165 e. The molecule has 4 heteroatoms. The van der Waals surface area contributed by atoms with Crippen LogP contribution in [0.25, 0.3) is 0 Å². The van der Waals surface area contributed by atoms with Crippen LogP contribution in [0.2, 0.25) is 0 Å². The number of rotatable bonds is 5. The van der Waals surface area contributed by atoms with Crippen LogP contribution in [-0.2, 0) is 0 Å². The first-order valence-corrected chi connectivity index (χ1v) is 7.36. The highest BCUT2D eigenvalue weighted by atomic mass is 16.5. The fourth-order valence-corrected chi connectivity index (χ4v) is 3.16. The number of hydrogen-bond acceptors (Lipinski definition) is 4. The Balaban J connectivity index is 2.31. The van der Waals surface area contributed by atoms with Crippen LogP contribution in [0.1, 0.15) is 31.4 Å². The number of hydrogen-bond donors (Lipinski definition) is 1. The molecule has 1 aromatic carbocycles. The van der Waals surface area contributed by atoms with Crippen LogP contribution in [0.15, 0.2) is 18.2 Å². The zero-order valence-corrected chi connectivity index (χ0v) is 12.8. The SMILES string of the molecule is COc1cccc(C(CN)N2CCCC(C)C2)c1OC. The molecule has 2 N–H and O–H groups in total. The Bertz CT molecular complexity index is 436. The maximum atomic E-state index is 6.06. The molecule has 0 saturated carbocycles. The van der Waals surface area contributed by atoms with Gasteiger partial charge in [-0.3, -0.25) is 4.90 Å². The van der Waals surface area contributed by atoms with Gasteiger partial charge in [-0.1, -0.05) is 19.1 Å². The van der Waals surface area contributed by atoms with E-state index in [1.54, 1.807) is 14.2 Å². The molecule has 112 valence electrons. The molecule has 2 atom stereocenters. The Labute approximate surface area is 121 Å². The van der Waals surface area contributed by atoms with Gasteiger partial charge in [-0.05, 0) is 31.4 Å². The van der Waals surface area contributed by atoms with Gasteiger partial charge in [-0.15, -0.1) is 0 Å². The first-order valence-electron chi connectivity index (χ1n) is 7.36. The Morgan fingerprint density at radius 1 is 1.35 bits per heavy atom. The first kappa shape index (κ1) is 15.1. The Kier molecular flexibility index (Phi) is 5.26. The molecule has 1 aliphatic rings. The molecule has 1 fully saturated rings. The van der Waals surface area contributed by atoms with Crippen molar-refractivity contribution < 1.29 is 9.47 Å². The highest BCUT2D eigenvalue weighted by molar-refractivity contribution is 5.48. The van der Waals surface area contributed by atoms with Gasteiger partial charge in [-0.25, -0.2) is 0 Å². The van der Waals surface area contributed by atoms with Crippen LogP contribution in [0.4, 0.5) is 0 Å². The number of likely N-dealkylation sites (tertiary alicyclic amines) is 1. The van der Waals surface area contributed by atoms with Gasteiger partial charge in [0, 0.05) is 18.7 Å². The van der Waals surface area contributed by atoms with Crippen LogP contribution < -0.4 is 15.2 Å². The van der Waals surface area contributed by atoms with E-state index < -0.39 is 0 Å². The number of nitrogens with zero attached hydrogens (tertiary/aromatic N) is 1. The molecule has 0 amide bonds. The molecular formula is C16H26N2O2. The zero-order valence-electron chi connectivity index (χ0n) is 12.8. The summed E-state index contributed by atoms with van der Waals surface area (Å²) in [4.78, 5) is 2.48. The van der Waals surface area contributed by atoms with E-state index in [9.17, 15) is 0 Å². The quantitative estimate of drug-likeness (QED) is 0.898. The summed E-state index contributed by atoms with van der Waals surface area (Å²) in [6.07, 6.45) is 2.55.